The van der Waals surface area contributed by atoms with Crippen LogP contribution >= 0.6 is 11.6 Å². The van der Waals surface area contributed by atoms with Gasteiger partial charge in [-0.1, -0.05) is 18.2 Å². The van der Waals surface area contributed by atoms with Gasteiger partial charge in [-0.25, -0.2) is 14.2 Å². The average Bonchev–Trinajstić information content (AvgIpc) is 3.25. The summed E-state index contributed by atoms with van der Waals surface area (Å²) in [5.41, 5.74) is 1.54. The number of halogens is 2. The van der Waals surface area contributed by atoms with Gasteiger partial charge in [0.2, 0.25) is 5.91 Å². The van der Waals surface area contributed by atoms with Crippen molar-refractivity contribution in [1.82, 2.24) is 20.1 Å². The van der Waals surface area contributed by atoms with Crippen molar-refractivity contribution < 1.29 is 19.1 Å². The Bertz CT molecular complexity index is 1280. The highest BCUT2D eigenvalue weighted by Crippen LogP contribution is 2.52. The maximum atomic E-state index is 16.0. The number of aromatic nitrogens is 1. The van der Waals surface area contributed by atoms with E-state index >= 15 is 4.39 Å². The normalized spacial score (nSPS) is 22.8. The molecule has 1 aromatic carbocycles. The lowest BCUT2D eigenvalue weighted by Gasteiger charge is -2.39. The Balaban J connectivity index is 1.63. The Morgan fingerprint density at radius 1 is 1.17 bits per heavy atom. The molecule has 2 fully saturated rings. The number of pyridine rings is 1. The fourth-order valence-electron chi connectivity index (χ4n) is 5.08. The van der Waals surface area contributed by atoms with Crippen LogP contribution in [0.1, 0.15) is 24.5 Å². The molecule has 36 heavy (non-hydrogen) atoms. The van der Waals surface area contributed by atoms with E-state index in [-0.39, 0.29) is 31.0 Å². The van der Waals surface area contributed by atoms with E-state index in [2.05, 4.69) is 15.2 Å². The van der Waals surface area contributed by atoms with E-state index in [9.17, 15) is 14.7 Å². The molecule has 3 aliphatic rings. The molecule has 1 aliphatic carbocycles. The average molecular weight is 512 g/mol. The summed E-state index contributed by atoms with van der Waals surface area (Å²) in [6.45, 7) is 4.76. The monoisotopic (exact) mass is 511 g/mol. The highest BCUT2D eigenvalue weighted by Gasteiger charge is 2.48. The number of carbonyl (C=O) groups is 2. The molecule has 3 amide bonds. The first kappa shape index (κ1) is 24.3. The van der Waals surface area contributed by atoms with Gasteiger partial charge >= 0.3 is 6.03 Å². The first-order valence-electron chi connectivity index (χ1n) is 11.9. The molecule has 10 heteroatoms. The number of amides is 3. The van der Waals surface area contributed by atoms with Gasteiger partial charge in [0.05, 0.1) is 5.70 Å². The maximum absolute atomic E-state index is 16.0. The van der Waals surface area contributed by atoms with Crippen LogP contribution in [0.5, 0.6) is 5.75 Å². The third-order valence-electron chi connectivity index (χ3n) is 6.89. The van der Waals surface area contributed by atoms with E-state index in [1.54, 1.807) is 30.5 Å². The highest BCUT2D eigenvalue weighted by atomic mass is 35.5. The van der Waals surface area contributed by atoms with Gasteiger partial charge < -0.3 is 15.3 Å². The fraction of sp³-hybridized carbons (Fsp3) is 0.346. The zero-order valence-corrected chi connectivity index (χ0v) is 20.6. The van der Waals surface area contributed by atoms with E-state index in [0.29, 0.717) is 22.5 Å². The van der Waals surface area contributed by atoms with Gasteiger partial charge in [-0.15, -0.1) is 11.6 Å². The second kappa shape index (κ2) is 9.55. The number of phenolic OH excluding ortho intramolecular Hbond substituents is 1. The van der Waals surface area contributed by atoms with Gasteiger partial charge in [0.1, 0.15) is 22.3 Å². The minimum absolute atomic E-state index is 0.00505. The van der Waals surface area contributed by atoms with Crippen molar-refractivity contribution in [3.63, 3.8) is 0 Å². The largest absolute Gasteiger partial charge is 0.507 e. The zero-order chi connectivity index (χ0) is 25.4. The molecule has 0 saturated carbocycles. The third kappa shape index (κ3) is 4.22. The number of alkyl halides is 1. The van der Waals surface area contributed by atoms with Crippen molar-refractivity contribution in [2.24, 2.45) is 0 Å². The number of rotatable bonds is 4. The summed E-state index contributed by atoms with van der Waals surface area (Å²) < 4.78 is 16.0. The molecule has 1 unspecified atom stereocenters. The van der Waals surface area contributed by atoms with E-state index in [1.807, 2.05) is 6.07 Å². The Morgan fingerprint density at radius 2 is 1.92 bits per heavy atom. The van der Waals surface area contributed by atoms with Gasteiger partial charge in [0, 0.05) is 64.4 Å². The number of allylic oxidation sites excluding steroid dienone is 4. The van der Waals surface area contributed by atoms with Crippen molar-refractivity contribution in [1.29, 1.82) is 0 Å². The van der Waals surface area contributed by atoms with Crippen LogP contribution in [0.2, 0.25) is 0 Å². The third-order valence-corrected chi connectivity index (χ3v) is 7.42. The number of carbonyl (C=O) groups excluding carboxylic acids is 2. The Hall–Kier alpha value is -3.43. The molecule has 0 radical (unpaired) electrons. The van der Waals surface area contributed by atoms with Crippen LogP contribution in [0, 0.1) is 0 Å². The van der Waals surface area contributed by atoms with Crippen LogP contribution in [0.25, 0.3) is 5.57 Å². The SMILES string of the molecule is CC(=O)N1CCN(C2=C(F)C=C(c3ccccc3O)CC2(Cl)c2ccnc(N3CCNCC3)c2)C1=O. The molecule has 2 saturated heterocycles. The van der Waals surface area contributed by atoms with Crippen LogP contribution < -0.4 is 10.2 Å². The van der Waals surface area contributed by atoms with Crippen molar-refractivity contribution in [3.8, 4) is 5.75 Å². The number of benzene rings is 1. The van der Waals surface area contributed by atoms with Crippen LogP contribution in [0.4, 0.5) is 15.0 Å². The second-order valence-electron chi connectivity index (χ2n) is 9.11. The van der Waals surface area contributed by atoms with Crippen molar-refractivity contribution in [2.45, 2.75) is 18.2 Å². The van der Waals surface area contributed by atoms with Crippen LogP contribution in [0.15, 0.2) is 60.2 Å². The first-order chi connectivity index (χ1) is 17.3. The number of anilines is 1. The van der Waals surface area contributed by atoms with Gasteiger partial charge in [-0.3, -0.25) is 14.6 Å². The summed E-state index contributed by atoms with van der Waals surface area (Å²) in [5, 5.41) is 13.8. The topological polar surface area (TPSA) is 89.0 Å². The van der Waals surface area contributed by atoms with E-state index < -0.39 is 22.6 Å². The number of hydrogen-bond acceptors (Lipinski definition) is 6. The van der Waals surface area contributed by atoms with Crippen LogP contribution in [-0.2, 0) is 9.67 Å². The number of imide groups is 1. The summed E-state index contributed by atoms with van der Waals surface area (Å²) in [7, 11) is 0. The van der Waals surface area contributed by atoms with Crippen LogP contribution in [0.3, 0.4) is 0 Å². The molecule has 3 heterocycles. The Kier molecular flexibility index (Phi) is 6.44. The molecule has 2 aromatic rings. The fourth-order valence-corrected chi connectivity index (χ4v) is 5.53. The molecule has 1 atom stereocenters. The molecule has 5 rings (SSSR count). The molecule has 2 aliphatic heterocycles. The minimum atomic E-state index is -1.48. The number of hydrogen-bond donors (Lipinski definition) is 2. The van der Waals surface area contributed by atoms with Gasteiger partial charge in [0.15, 0.2) is 0 Å². The summed E-state index contributed by atoms with van der Waals surface area (Å²) in [5.74, 6) is -0.371. The summed E-state index contributed by atoms with van der Waals surface area (Å²) in [4.78, 5) is 32.6. The number of nitrogens with one attached hydrogen (secondary N) is 1. The second-order valence-corrected chi connectivity index (χ2v) is 9.75. The number of aromatic hydroxyl groups is 1. The van der Waals surface area contributed by atoms with E-state index in [1.165, 1.54) is 24.0 Å². The number of nitrogens with zero attached hydrogens (tertiary/aromatic N) is 4. The molecule has 2 N–H and O–H groups in total. The molecular formula is C26H27ClFN5O3. The summed E-state index contributed by atoms with van der Waals surface area (Å²) in [6.07, 6.45) is 3.06. The molecular weight excluding hydrogens is 485 g/mol. The van der Waals surface area contributed by atoms with E-state index in [4.69, 9.17) is 11.6 Å². The molecule has 8 nitrogen and oxygen atoms in total. The van der Waals surface area contributed by atoms with Crippen molar-refractivity contribution >= 4 is 34.9 Å². The van der Waals surface area contributed by atoms with Gasteiger partial charge in [0.25, 0.3) is 0 Å². The predicted molar refractivity (Wildman–Crippen MR) is 135 cm³/mol. The summed E-state index contributed by atoms with van der Waals surface area (Å²) in [6, 6.07) is 9.64. The lowest BCUT2D eigenvalue weighted by molar-refractivity contribution is -0.125. The molecule has 0 spiro atoms. The molecule has 188 valence electrons. The Morgan fingerprint density at radius 3 is 2.61 bits per heavy atom. The zero-order valence-electron chi connectivity index (χ0n) is 19.9. The Labute approximate surface area is 213 Å². The van der Waals surface area contributed by atoms with Crippen LogP contribution in [-0.4, -0.2) is 71.1 Å². The smallest absolute Gasteiger partial charge is 0.331 e. The summed E-state index contributed by atoms with van der Waals surface area (Å²) >= 11 is 7.37. The first-order valence-corrected chi connectivity index (χ1v) is 12.3. The number of piperazine rings is 1. The van der Waals surface area contributed by atoms with E-state index in [0.717, 1.165) is 31.1 Å². The van der Waals surface area contributed by atoms with Gasteiger partial charge in [-0.2, -0.15) is 0 Å². The number of phenols is 1. The van der Waals surface area contributed by atoms with Crippen molar-refractivity contribution in [3.05, 3.63) is 71.3 Å². The molecule has 0 bridgehead atoms. The number of urea groups is 1. The lowest BCUT2D eigenvalue weighted by atomic mass is 9.81. The number of para-hydroxylation sites is 1. The quantitative estimate of drug-likeness (QED) is 0.610. The lowest BCUT2D eigenvalue weighted by Crippen LogP contribution is -2.44. The molecule has 1 aromatic heterocycles. The van der Waals surface area contributed by atoms with Gasteiger partial charge in [-0.05, 0) is 35.4 Å². The standard InChI is InChI=1S/C26H27ClFN5O3/c1-17(34)32-12-13-33(25(32)36)24-21(28)14-18(20-4-2-3-5-22(20)35)16-26(24,27)19-6-7-30-23(15-19)31-10-8-29-9-11-31/h2-7,14-15,29,35H,8-13,16H2,1H3. The maximum Gasteiger partial charge on any atom is 0.331 e. The predicted octanol–water partition coefficient (Wildman–Crippen LogP) is 3.58. The highest BCUT2D eigenvalue weighted by molar-refractivity contribution is 6.27. The van der Waals surface area contributed by atoms with Crippen molar-refractivity contribution in [2.75, 3.05) is 44.2 Å². The minimum Gasteiger partial charge on any atom is -0.507 e.